The van der Waals surface area contributed by atoms with Gasteiger partial charge in [-0.1, -0.05) is 25.4 Å². The molecule has 0 atom stereocenters. The maximum Gasteiger partial charge on any atom is 0.165 e. The molecule has 0 aliphatic heterocycles. The molecule has 0 aliphatic carbocycles. The summed E-state index contributed by atoms with van der Waals surface area (Å²) in [6.45, 7) is 5.79. The fourth-order valence-electron chi connectivity index (χ4n) is 1.86. The van der Waals surface area contributed by atoms with Crippen LogP contribution >= 0.6 is 11.6 Å². The largest absolute Gasteiger partial charge is 0.494 e. The molecule has 2 aromatic rings. The van der Waals surface area contributed by atoms with Gasteiger partial charge >= 0.3 is 0 Å². The van der Waals surface area contributed by atoms with Crippen molar-refractivity contribution in [2.24, 2.45) is 0 Å². The molecule has 0 spiro atoms. The lowest BCUT2D eigenvalue weighted by Crippen LogP contribution is -2.02. The van der Waals surface area contributed by atoms with Crippen LogP contribution in [-0.4, -0.2) is 17.1 Å². The Labute approximate surface area is 122 Å². The van der Waals surface area contributed by atoms with Gasteiger partial charge in [-0.05, 0) is 25.1 Å². The molecule has 0 amide bonds. The Morgan fingerprint density at radius 1 is 1.25 bits per heavy atom. The Morgan fingerprint density at radius 2 is 1.95 bits per heavy atom. The first-order valence-electron chi connectivity index (χ1n) is 6.32. The Bertz CT molecular complexity index is 644. The van der Waals surface area contributed by atoms with E-state index in [0.717, 1.165) is 5.56 Å². The maximum atomic E-state index is 13.8. The van der Waals surface area contributed by atoms with Crippen molar-refractivity contribution in [3.8, 4) is 17.0 Å². The lowest BCUT2D eigenvalue weighted by molar-refractivity contribution is 0.386. The molecule has 0 saturated heterocycles. The lowest BCUT2D eigenvalue weighted by Gasteiger charge is -2.12. The standard InChI is InChI=1S/C15H16ClFN2O/c1-8(2)15-18-13(9(3)14(16)19-15)10-5-6-12(20-4)11(17)7-10/h5-8H,1-4H3. The zero-order valence-corrected chi connectivity index (χ0v) is 12.6. The number of nitrogens with zero attached hydrogens (tertiary/aromatic N) is 2. The first-order chi connectivity index (χ1) is 9.43. The van der Waals surface area contributed by atoms with E-state index >= 15 is 0 Å². The van der Waals surface area contributed by atoms with Crippen molar-refractivity contribution in [1.29, 1.82) is 0 Å². The van der Waals surface area contributed by atoms with Gasteiger partial charge in [0.05, 0.1) is 12.8 Å². The molecule has 0 unspecified atom stereocenters. The second kappa shape index (κ2) is 5.75. The summed E-state index contributed by atoms with van der Waals surface area (Å²) in [7, 11) is 1.43. The number of ether oxygens (including phenoxy) is 1. The van der Waals surface area contributed by atoms with Crippen molar-refractivity contribution >= 4 is 11.6 Å². The molecule has 0 radical (unpaired) electrons. The number of rotatable bonds is 3. The molecule has 0 N–H and O–H groups in total. The minimum Gasteiger partial charge on any atom is -0.494 e. The van der Waals surface area contributed by atoms with Crippen LogP contribution in [0.1, 0.15) is 31.2 Å². The first-order valence-corrected chi connectivity index (χ1v) is 6.69. The van der Waals surface area contributed by atoms with Crippen LogP contribution in [0.2, 0.25) is 5.15 Å². The normalized spacial score (nSPS) is 10.9. The van der Waals surface area contributed by atoms with Crippen LogP contribution in [0.25, 0.3) is 11.3 Å². The lowest BCUT2D eigenvalue weighted by atomic mass is 10.1. The first kappa shape index (κ1) is 14.7. The summed E-state index contributed by atoms with van der Waals surface area (Å²) in [5.74, 6) is 0.572. The third-order valence-corrected chi connectivity index (χ3v) is 3.41. The number of methoxy groups -OCH3 is 1. The molecule has 2 rings (SSSR count). The van der Waals surface area contributed by atoms with Gasteiger partial charge in [-0.2, -0.15) is 0 Å². The van der Waals surface area contributed by atoms with Gasteiger partial charge in [0.25, 0.3) is 0 Å². The zero-order valence-electron chi connectivity index (χ0n) is 11.9. The van der Waals surface area contributed by atoms with Crippen molar-refractivity contribution in [3.05, 3.63) is 40.6 Å². The van der Waals surface area contributed by atoms with Gasteiger partial charge in [0.2, 0.25) is 0 Å². The molecule has 0 aliphatic rings. The van der Waals surface area contributed by atoms with Gasteiger partial charge in [-0.3, -0.25) is 0 Å². The van der Waals surface area contributed by atoms with Crippen molar-refractivity contribution in [1.82, 2.24) is 9.97 Å². The highest BCUT2D eigenvalue weighted by Gasteiger charge is 2.15. The molecule has 1 heterocycles. The number of hydrogen-bond acceptors (Lipinski definition) is 3. The molecular formula is C15H16ClFN2O. The summed E-state index contributed by atoms with van der Waals surface area (Å²) >= 11 is 6.14. The average Bonchev–Trinajstić information content (AvgIpc) is 2.41. The topological polar surface area (TPSA) is 35.0 Å². The van der Waals surface area contributed by atoms with Gasteiger partial charge in [-0.15, -0.1) is 0 Å². The predicted molar refractivity (Wildman–Crippen MR) is 77.8 cm³/mol. The molecular weight excluding hydrogens is 279 g/mol. The van der Waals surface area contributed by atoms with Gasteiger partial charge in [0, 0.05) is 17.0 Å². The van der Waals surface area contributed by atoms with Gasteiger partial charge in [-0.25, -0.2) is 14.4 Å². The molecule has 20 heavy (non-hydrogen) atoms. The molecule has 0 bridgehead atoms. The molecule has 3 nitrogen and oxygen atoms in total. The maximum absolute atomic E-state index is 13.8. The van der Waals surface area contributed by atoms with E-state index < -0.39 is 5.82 Å². The smallest absolute Gasteiger partial charge is 0.165 e. The highest BCUT2D eigenvalue weighted by Crippen LogP contribution is 2.30. The van der Waals surface area contributed by atoms with E-state index in [9.17, 15) is 4.39 Å². The highest BCUT2D eigenvalue weighted by atomic mass is 35.5. The summed E-state index contributed by atoms with van der Waals surface area (Å²) in [5.41, 5.74) is 2.04. The third kappa shape index (κ3) is 2.75. The van der Waals surface area contributed by atoms with Crippen LogP contribution in [0, 0.1) is 12.7 Å². The Hall–Kier alpha value is -1.68. The monoisotopic (exact) mass is 294 g/mol. The van der Waals surface area contributed by atoms with Crippen molar-refractivity contribution in [2.45, 2.75) is 26.7 Å². The summed E-state index contributed by atoms with van der Waals surface area (Å²) in [5, 5.41) is 0.398. The molecule has 1 aromatic heterocycles. The molecule has 0 saturated carbocycles. The third-order valence-electron chi connectivity index (χ3n) is 3.05. The number of aromatic nitrogens is 2. The van der Waals surface area contributed by atoms with Gasteiger partial charge < -0.3 is 4.74 Å². The minimum atomic E-state index is -0.426. The summed E-state index contributed by atoms with van der Waals surface area (Å²) < 4.78 is 18.7. The van der Waals surface area contributed by atoms with Crippen LogP contribution in [0.15, 0.2) is 18.2 Å². The molecule has 5 heteroatoms. The van der Waals surface area contributed by atoms with Crippen LogP contribution in [-0.2, 0) is 0 Å². The van der Waals surface area contributed by atoms with Crippen LogP contribution in [0.4, 0.5) is 4.39 Å². The second-order valence-corrected chi connectivity index (χ2v) is 5.21. The summed E-state index contributed by atoms with van der Waals surface area (Å²) in [6.07, 6.45) is 0. The molecule has 106 valence electrons. The molecule has 0 fully saturated rings. The summed E-state index contributed by atoms with van der Waals surface area (Å²) in [6, 6.07) is 4.74. The highest BCUT2D eigenvalue weighted by molar-refractivity contribution is 6.30. The fourth-order valence-corrected chi connectivity index (χ4v) is 2.03. The average molecular weight is 295 g/mol. The second-order valence-electron chi connectivity index (χ2n) is 4.85. The SMILES string of the molecule is COc1ccc(-c2nc(C(C)C)nc(Cl)c2C)cc1F. The van der Waals surface area contributed by atoms with Gasteiger partial charge in [0.15, 0.2) is 11.6 Å². The Kier molecular flexibility index (Phi) is 4.23. The van der Waals surface area contributed by atoms with Crippen molar-refractivity contribution < 1.29 is 9.13 Å². The van der Waals surface area contributed by atoms with Crippen LogP contribution in [0.5, 0.6) is 5.75 Å². The van der Waals surface area contributed by atoms with Gasteiger partial charge in [0.1, 0.15) is 11.0 Å². The van der Waals surface area contributed by atoms with E-state index in [-0.39, 0.29) is 11.7 Å². The van der Waals surface area contributed by atoms with E-state index in [1.807, 2.05) is 20.8 Å². The zero-order chi connectivity index (χ0) is 14.9. The van der Waals surface area contributed by atoms with Crippen LogP contribution < -0.4 is 4.74 Å². The number of hydrogen-bond donors (Lipinski definition) is 0. The van der Waals surface area contributed by atoms with E-state index in [0.29, 0.717) is 22.2 Å². The number of benzene rings is 1. The minimum absolute atomic E-state index is 0.148. The van der Waals surface area contributed by atoms with E-state index in [1.54, 1.807) is 12.1 Å². The van der Waals surface area contributed by atoms with E-state index in [4.69, 9.17) is 16.3 Å². The predicted octanol–water partition coefficient (Wildman–Crippen LogP) is 4.38. The molecule has 1 aromatic carbocycles. The fraction of sp³-hybridized carbons (Fsp3) is 0.333. The van der Waals surface area contributed by atoms with Crippen LogP contribution in [0.3, 0.4) is 0 Å². The number of halogens is 2. The quantitative estimate of drug-likeness (QED) is 0.788. The van der Waals surface area contributed by atoms with Crippen molar-refractivity contribution in [3.63, 3.8) is 0 Å². The Morgan fingerprint density at radius 3 is 2.50 bits per heavy atom. The van der Waals surface area contributed by atoms with E-state index in [1.165, 1.54) is 13.2 Å². The summed E-state index contributed by atoms with van der Waals surface area (Å²) in [4.78, 5) is 8.75. The van der Waals surface area contributed by atoms with Crippen molar-refractivity contribution in [2.75, 3.05) is 7.11 Å². The van der Waals surface area contributed by atoms with E-state index in [2.05, 4.69) is 9.97 Å². The Balaban J connectivity index is 2.59.